The summed E-state index contributed by atoms with van der Waals surface area (Å²) < 4.78 is 14.9. The first-order valence-corrected chi connectivity index (χ1v) is 5.41. The lowest BCUT2D eigenvalue weighted by Crippen LogP contribution is -2.13. The Morgan fingerprint density at radius 3 is 3.19 bits per heavy atom. The van der Waals surface area contributed by atoms with Crippen LogP contribution in [0.4, 0.5) is 10.1 Å². The molecule has 0 saturated heterocycles. The third-order valence-electron chi connectivity index (χ3n) is 2.83. The maximum Gasteiger partial charge on any atom is 0.125 e. The third kappa shape index (κ3) is 1.46. The van der Waals surface area contributed by atoms with Gasteiger partial charge in [0.05, 0.1) is 23.3 Å². The van der Waals surface area contributed by atoms with E-state index in [1.54, 1.807) is 12.3 Å². The van der Waals surface area contributed by atoms with Crippen molar-refractivity contribution in [1.82, 2.24) is 9.78 Å². The van der Waals surface area contributed by atoms with Crippen molar-refractivity contribution in [1.29, 1.82) is 0 Å². The summed E-state index contributed by atoms with van der Waals surface area (Å²) in [6.45, 7) is 0.988. The van der Waals surface area contributed by atoms with Gasteiger partial charge in [-0.2, -0.15) is 5.10 Å². The second-order valence-electron chi connectivity index (χ2n) is 3.93. The molecular weight excluding hydrogens is 205 g/mol. The number of fused-ring (bicyclic) bond motifs is 1. The minimum Gasteiger partial charge on any atom is -0.382 e. The highest BCUT2D eigenvalue weighted by Crippen LogP contribution is 2.24. The summed E-state index contributed by atoms with van der Waals surface area (Å²) in [5, 5.41) is 7.59. The van der Waals surface area contributed by atoms with E-state index in [0.717, 1.165) is 36.5 Å². The lowest BCUT2D eigenvalue weighted by molar-refractivity contribution is 0.624. The molecule has 1 aliphatic rings. The fraction of sp³-hybridized carbons (Fsp3) is 0.250. The van der Waals surface area contributed by atoms with Crippen LogP contribution < -0.4 is 5.32 Å². The van der Waals surface area contributed by atoms with Gasteiger partial charge in [-0.15, -0.1) is 0 Å². The van der Waals surface area contributed by atoms with E-state index in [0.29, 0.717) is 0 Å². The maximum absolute atomic E-state index is 13.1. The van der Waals surface area contributed by atoms with Crippen molar-refractivity contribution in [3.8, 4) is 5.69 Å². The molecule has 0 saturated carbocycles. The van der Waals surface area contributed by atoms with Crippen molar-refractivity contribution in [2.75, 3.05) is 11.9 Å². The van der Waals surface area contributed by atoms with E-state index in [4.69, 9.17) is 0 Å². The molecule has 0 aliphatic carbocycles. The summed E-state index contributed by atoms with van der Waals surface area (Å²) in [5.74, 6) is -0.231. The average Bonchev–Trinajstić information content (AvgIpc) is 2.72. The monoisotopic (exact) mass is 217 g/mol. The topological polar surface area (TPSA) is 29.9 Å². The highest BCUT2D eigenvalue weighted by molar-refractivity contribution is 5.51. The lowest BCUT2D eigenvalue weighted by Gasteiger charge is -2.15. The number of hydrogen-bond donors (Lipinski definition) is 1. The molecule has 0 bridgehead atoms. The predicted octanol–water partition coefficient (Wildman–Crippen LogP) is 2.37. The molecule has 1 N–H and O–H groups in total. The molecule has 16 heavy (non-hydrogen) atoms. The molecule has 2 aromatic rings. The average molecular weight is 217 g/mol. The van der Waals surface area contributed by atoms with Crippen LogP contribution in [0.1, 0.15) is 12.1 Å². The van der Waals surface area contributed by atoms with Crippen molar-refractivity contribution in [3.63, 3.8) is 0 Å². The number of nitrogens with one attached hydrogen (secondary N) is 1. The number of nitrogens with zero attached hydrogens (tertiary/aromatic N) is 2. The fourth-order valence-corrected chi connectivity index (χ4v) is 2.07. The first-order chi connectivity index (χ1) is 7.84. The Hall–Kier alpha value is -1.84. The van der Waals surface area contributed by atoms with E-state index >= 15 is 0 Å². The Morgan fingerprint density at radius 1 is 1.38 bits per heavy atom. The molecule has 0 atom stereocenters. The van der Waals surface area contributed by atoms with Gasteiger partial charge >= 0.3 is 0 Å². The zero-order chi connectivity index (χ0) is 11.0. The van der Waals surface area contributed by atoms with Gasteiger partial charge in [-0.25, -0.2) is 9.07 Å². The van der Waals surface area contributed by atoms with Gasteiger partial charge in [0.15, 0.2) is 0 Å². The largest absolute Gasteiger partial charge is 0.382 e. The maximum atomic E-state index is 13.1. The second-order valence-corrected chi connectivity index (χ2v) is 3.93. The molecule has 3 rings (SSSR count). The third-order valence-corrected chi connectivity index (χ3v) is 2.83. The van der Waals surface area contributed by atoms with Gasteiger partial charge in [-0.3, -0.25) is 0 Å². The number of hydrogen-bond acceptors (Lipinski definition) is 2. The van der Waals surface area contributed by atoms with Crippen molar-refractivity contribution in [2.24, 2.45) is 0 Å². The molecular formula is C12H12FN3. The van der Waals surface area contributed by atoms with Crippen molar-refractivity contribution < 1.29 is 4.39 Å². The second kappa shape index (κ2) is 3.63. The Bertz CT molecular complexity index is 519. The van der Waals surface area contributed by atoms with Gasteiger partial charge in [0.1, 0.15) is 5.82 Å². The Balaban J connectivity index is 2.09. The number of halogens is 1. The molecule has 2 heterocycles. The standard InChI is InChI=1S/C12H12FN3/c13-9-3-1-4-10(7-9)16-12-5-2-6-14-11(12)8-15-16/h1,3-4,7-8,14H,2,5-6H2. The van der Waals surface area contributed by atoms with Crippen LogP contribution in [0.3, 0.4) is 0 Å². The summed E-state index contributed by atoms with van der Waals surface area (Å²) >= 11 is 0. The minimum absolute atomic E-state index is 0.231. The summed E-state index contributed by atoms with van der Waals surface area (Å²) in [5.41, 5.74) is 2.98. The van der Waals surface area contributed by atoms with Crippen LogP contribution >= 0.6 is 0 Å². The van der Waals surface area contributed by atoms with Gasteiger partial charge < -0.3 is 5.32 Å². The number of anilines is 1. The van der Waals surface area contributed by atoms with Crippen LogP contribution in [0, 0.1) is 5.82 Å². The molecule has 82 valence electrons. The molecule has 0 fully saturated rings. The van der Waals surface area contributed by atoms with Gasteiger partial charge in [0.2, 0.25) is 0 Å². The fourth-order valence-electron chi connectivity index (χ4n) is 2.07. The SMILES string of the molecule is Fc1cccc(-n2ncc3c2CCCN3)c1. The van der Waals surface area contributed by atoms with Gasteiger partial charge in [-0.1, -0.05) is 6.07 Å². The van der Waals surface area contributed by atoms with E-state index in [-0.39, 0.29) is 5.82 Å². The normalized spacial score (nSPS) is 14.3. The molecule has 1 aliphatic heterocycles. The van der Waals surface area contributed by atoms with Gasteiger partial charge in [-0.05, 0) is 31.0 Å². The van der Waals surface area contributed by atoms with Crippen molar-refractivity contribution in [3.05, 3.63) is 42.0 Å². The molecule has 0 amide bonds. The quantitative estimate of drug-likeness (QED) is 0.794. The molecule has 4 heteroatoms. The molecule has 0 spiro atoms. The number of benzene rings is 1. The summed E-state index contributed by atoms with van der Waals surface area (Å²) in [6.07, 6.45) is 3.88. The Kier molecular flexibility index (Phi) is 2.13. The van der Waals surface area contributed by atoms with Crippen LogP contribution in [-0.2, 0) is 6.42 Å². The van der Waals surface area contributed by atoms with Crippen LogP contribution in [0.5, 0.6) is 0 Å². The molecule has 1 aromatic heterocycles. The van der Waals surface area contributed by atoms with Crippen LogP contribution in [0.15, 0.2) is 30.5 Å². The Labute approximate surface area is 92.9 Å². The first-order valence-electron chi connectivity index (χ1n) is 5.41. The highest BCUT2D eigenvalue weighted by Gasteiger charge is 2.15. The van der Waals surface area contributed by atoms with Gasteiger partial charge in [0.25, 0.3) is 0 Å². The predicted molar refractivity (Wildman–Crippen MR) is 60.3 cm³/mol. The van der Waals surface area contributed by atoms with E-state index in [9.17, 15) is 4.39 Å². The van der Waals surface area contributed by atoms with Crippen molar-refractivity contribution in [2.45, 2.75) is 12.8 Å². The molecule has 3 nitrogen and oxygen atoms in total. The van der Waals surface area contributed by atoms with Crippen molar-refractivity contribution >= 4 is 5.69 Å². The van der Waals surface area contributed by atoms with Gasteiger partial charge in [0, 0.05) is 6.54 Å². The zero-order valence-corrected chi connectivity index (χ0v) is 8.78. The summed E-state index contributed by atoms with van der Waals surface area (Å²) in [4.78, 5) is 0. The summed E-state index contributed by atoms with van der Waals surface area (Å²) in [6, 6.07) is 6.51. The van der Waals surface area contributed by atoms with E-state index in [1.165, 1.54) is 12.1 Å². The van der Waals surface area contributed by atoms with Crippen LogP contribution in [0.25, 0.3) is 5.69 Å². The smallest absolute Gasteiger partial charge is 0.125 e. The zero-order valence-electron chi connectivity index (χ0n) is 8.78. The lowest BCUT2D eigenvalue weighted by atomic mass is 10.1. The number of rotatable bonds is 1. The summed E-state index contributed by atoms with van der Waals surface area (Å²) in [7, 11) is 0. The number of aromatic nitrogens is 2. The van der Waals surface area contributed by atoms with E-state index < -0.39 is 0 Å². The molecule has 1 aromatic carbocycles. The molecule has 0 unspecified atom stereocenters. The van der Waals surface area contributed by atoms with Crippen LogP contribution in [0.2, 0.25) is 0 Å². The highest BCUT2D eigenvalue weighted by atomic mass is 19.1. The van der Waals surface area contributed by atoms with Crippen LogP contribution in [-0.4, -0.2) is 16.3 Å². The first kappa shape index (κ1) is 9.39. The van der Waals surface area contributed by atoms with E-state index in [2.05, 4.69) is 10.4 Å². The Morgan fingerprint density at radius 2 is 2.31 bits per heavy atom. The molecule has 0 radical (unpaired) electrons. The minimum atomic E-state index is -0.231. The van der Waals surface area contributed by atoms with E-state index in [1.807, 2.05) is 10.7 Å².